The molecule has 0 aliphatic heterocycles. The van der Waals surface area contributed by atoms with Crippen LogP contribution in [0.1, 0.15) is 33.2 Å². The molecule has 0 atom stereocenters. The van der Waals surface area contributed by atoms with E-state index in [1.54, 1.807) is 18.2 Å². The van der Waals surface area contributed by atoms with Crippen LogP contribution in [-0.2, 0) is 11.0 Å². The second kappa shape index (κ2) is 9.03. The Balaban J connectivity index is 1.81. The van der Waals surface area contributed by atoms with E-state index in [2.05, 4.69) is 16.0 Å². The van der Waals surface area contributed by atoms with Crippen molar-refractivity contribution >= 4 is 23.4 Å². The molecule has 3 amide bonds. The van der Waals surface area contributed by atoms with Crippen LogP contribution < -0.4 is 16.0 Å². The van der Waals surface area contributed by atoms with Gasteiger partial charge in [-0.3, -0.25) is 14.4 Å². The van der Waals surface area contributed by atoms with E-state index in [1.807, 2.05) is 0 Å². The summed E-state index contributed by atoms with van der Waals surface area (Å²) in [5.41, 5.74) is 0.0659. The second-order valence-corrected chi connectivity index (χ2v) is 5.85. The summed E-state index contributed by atoms with van der Waals surface area (Å²) in [6.07, 6.45) is -4.46. The number of carbonyl (C=O) groups is 3. The highest BCUT2D eigenvalue weighted by atomic mass is 19.4. The van der Waals surface area contributed by atoms with Crippen LogP contribution in [0, 0.1) is 0 Å². The highest BCUT2D eigenvalue weighted by molar-refractivity contribution is 5.97. The number of alkyl halides is 3. The van der Waals surface area contributed by atoms with E-state index < -0.39 is 23.6 Å². The third-order valence-electron chi connectivity index (χ3n) is 3.62. The van der Waals surface area contributed by atoms with Crippen molar-refractivity contribution in [2.75, 3.05) is 18.4 Å². The van der Waals surface area contributed by atoms with Crippen LogP contribution in [0.15, 0.2) is 48.5 Å². The normalized spacial score (nSPS) is 10.9. The lowest BCUT2D eigenvalue weighted by molar-refractivity contribution is -0.137. The molecule has 0 aromatic heterocycles. The average molecular weight is 393 g/mol. The maximum Gasteiger partial charge on any atom is 0.416 e. The maximum absolute atomic E-state index is 12.5. The van der Waals surface area contributed by atoms with E-state index in [4.69, 9.17) is 0 Å². The molecule has 0 bridgehead atoms. The Morgan fingerprint density at radius 3 is 1.96 bits per heavy atom. The minimum absolute atomic E-state index is 0.0855. The molecule has 0 radical (unpaired) electrons. The molecule has 0 saturated heterocycles. The predicted octanol–water partition coefficient (Wildman–Crippen LogP) is 2.82. The minimum Gasteiger partial charge on any atom is -0.350 e. The quantitative estimate of drug-likeness (QED) is 0.660. The fourth-order valence-electron chi connectivity index (χ4n) is 2.31. The first-order valence-electron chi connectivity index (χ1n) is 8.28. The molecule has 9 heteroatoms. The molecule has 0 aliphatic carbocycles. The van der Waals surface area contributed by atoms with Crippen molar-refractivity contribution < 1.29 is 27.6 Å². The molecule has 28 heavy (non-hydrogen) atoms. The molecular weight excluding hydrogens is 375 g/mol. The number of nitrogens with one attached hydrogen (secondary N) is 3. The summed E-state index contributed by atoms with van der Waals surface area (Å²) < 4.78 is 37.5. The van der Waals surface area contributed by atoms with Crippen molar-refractivity contribution in [3.63, 3.8) is 0 Å². The first kappa shape index (κ1) is 20.9. The summed E-state index contributed by atoms with van der Waals surface area (Å²) in [6.45, 7) is 1.57. The van der Waals surface area contributed by atoms with E-state index >= 15 is 0 Å². The van der Waals surface area contributed by atoms with Crippen LogP contribution in [0.3, 0.4) is 0 Å². The molecule has 2 aromatic rings. The Labute approximate surface area is 159 Å². The molecule has 0 heterocycles. The number of rotatable bonds is 6. The molecule has 0 aliphatic rings. The zero-order valence-electron chi connectivity index (χ0n) is 14.9. The van der Waals surface area contributed by atoms with Crippen LogP contribution in [0.25, 0.3) is 0 Å². The van der Waals surface area contributed by atoms with E-state index in [0.29, 0.717) is 11.3 Å². The number of hydrogen-bond donors (Lipinski definition) is 3. The van der Waals surface area contributed by atoms with Gasteiger partial charge in [0, 0.05) is 36.8 Å². The zero-order valence-corrected chi connectivity index (χ0v) is 14.9. The largest absolute Gasteiger partial charge is 0.416 e. The van der Waals surface area contributed by atoms with Crippen LogP contribution in [-0.4, -0.2) is 30.8 Å². The molecule has 2 rings (SSSR count). The van der Waals surface area contributed by atoms with Gasteiger partial charge < -0.3 is 16.0 Å². The maximum atomic E-state index is 12.5. The molecule has 0 unspecified atom stereocenters. The summed E-state index contributed by atoms with van der Waals surface area (Å²) in [5, 5.41) is 7.68. The summed E-state index contributed by atoms with van der Waals surface area (Å²) in [4.78, 5) is 35.1. The Bertz CT molecular complexity index is 865. The Hall–Kier alpha value is -3.36. The third kappa shape index (κ3) is 6.11. The van der Waals surface area contributed by atoms with Crippen molar-refractivity contribution in [1.29, 1.82) is 0 Å². The first-order chi connectivity index (χ1) is 13.2. The van der Waals surface area contributed by atoms with Crippen molar-refractivity contribution in [1.82, 2.24) is 10.6 Å². The summed E-state index contributed by atoms with van der Waals surface area (Å²) in [5.74, 6) is -1.20. The van der Waals surface area contributed by atoms with Gasteiger partial charge in [0.1, 0.15) is 0 Å². The minimum atomic E-state index is -4.46. The number of benzene rings is 2. The van der Waals surface area contributed by atoms with Crippen LogP contribution in [0.2, 0.25) is 0 Å². The number of anilines is 1. The van der Waals surface area contributed by atoms with Crippen LogP contribution in [0.4, 0.5) is 18.9 Å². The van der Waals surface area contributed by atoms with E-state index in [0.717, 1.165) is 24.3 Å². The highest BCUT2D eigenvalue weighted by Crippen LogP contribution is 2.29. The number of amides is 3. The second-order valence-electron chi connectivity index (χ2n) is 5.85. The van der Waals surface area contributed by atoms with Gasteiger partial charge >= 0.3 is 6.18 Å². The van der Waals surface area contributed by atoms with E-state index in [9.17, 15) is 27.6 Å². The lowest BCUT2D eigenvalue weighted by atomic mass is 10.1. The number of halogens is 3. The molecule has 3 N–H and O–H groups in total. The average Bonchev–Trinajstić information content (AvgIpc) is 2.64. The van der Waals surface area contributed by atoms with Crippen molar-refractivity contribution in [3.05, 3.63) is 65.2 Å². The Kier molecular flexibility index (Phi) is 6.75. The predicted molar refractivity (Wildman–Crippen MR) is 96.9 cm³/mol. The Morgan fingerprint density at radius 2 is 1.43 bits per heavy atom. The smallest absolute Gasteiger partial charge is 0.350 e. The topological polar surface area (TPSA) is 87.3 Å². The van der Waals surface area contributed by atoms with Crippen molar-refractivity contribution in [3.8, 4) is 0 Å². The fourth-order valence-corrected chi connectivity index (χ4v) is 2.31. The van der Waals surface area contributed by atoms with Gasteiger partial charge in [-0.15, -0.1) is 0 Å². The lowest BCUT2D eigenvalue weighted by Crippen LogP contribution is -2.34. The zero-order chi connectivity index (χ0) is 20.7. The summed E-state index contributed by atoms with van der Waals surface area (Å²) in [6, 6.07) is 10.2. The van der Waals surface area contributed by atoms with Crippen LogP contribution >= 0.6 is 0 Å². The van der Waals surface area contributed by atoms with Gasteiger partial charge in [-0.1, -0.05) is 6.07 Å². The Morgan fingerprint density at radius 1 is 0.857 bits per heavy atom. The molecule has 0 saturated carbocycles. The van der Waals surface area contributed by atoms with E-state index in [-0.39, 0.29) is 24.6 Å². The standard InChI is InChI=1S/C19H18F3N3O3/c1-12(26)25-16-4-2-3-14(11-16)18(28)24-10-9-23-17(27)13-5-7-15(8-6-13)19(20,21)22/h2-8,11H,9-10H2,1H3,(H,23,27)(H,24,28)(H,25,26). The van der Waals surface area contributed by atoms with Crippen molar-refractivity contribution in [2.24, 2.45) is 0 Å². The van der Waals surface area contributed by atoms with Gasteiger partial charge in [0.15, 0.2) is 0 Å². The van der Waals surface area contributed by atoms with Crippen molar-refractivity contribution in [2.45, 2.75) is 13.1 Å². The van der Waals surface area contributed by atoms with Crippen LogP contribution in [0.5, 0.6) is 0 Å². The monoisotopic (exact) mass is 393 g/mol. The lowest BCUT2D eigenvalue weighted by Gasteiger charge is -2.10. The molecule has 0 spiro atoms. The summed E-state index contributed by atoms with van der Waals surface area (Å²) in [7, 11) is 0. The molecule has 6 nitrogen and oxygen atoms in total. The number of carbonyl (C=O) groups excluding carboxylic acids is 3. The molecular formula is C19H18F3N3O3. The molecule has 148 valence electrons. The summed E-state index contributed by atoms with van der Waals surface area (Å²) >= 11 is 0. The van der Waals surface area contributed by atoms with Gasteiger partial charge in [-0.25, -0.2) is 0 Å². The third-order valence-corrected chi connectivity index (χ3v) is 3.62. The van der Waals surface area contributed by atoms with E-state index in [1.165, 1.54) is 13.0 Å². The number of hydrogen-bond acceptors (Lipinski definition) is 3. The SMILES string of the molecule is CC(=O)Nc1cccc(C(=O)NCCNC(=O)c2ccc(C(F)(F)F)cc2)c1. The van der Waals surface area contributed by atoms with Gasteiger partial charge in [-0.2, -0.15) is 13.2 Å². The first-order valence-corrected chi connectivity index (χ1v) is 8.28. The molecule has 0 fully saturated rings. The fraction of sp³-hybridized carbons (Fsp3) is 0.211. The highest BCUT2D eigenvalue weighted by Gasteiger charge is 2.30. The van der Waals surface area contributed by atoms with Gasteiger partial charge in [0.2, 0.25) is 5.91 Å². The van der Waals surface area contributed by atoms with Gasteiger partial charge in [0.05, 0.1) is 5.56 Å². The van der Waals surface area contributed by atoms with Gasteiger partial charge in [-0.05, 0) is 42.5 Å². The molecule has 2 aromatic carbocycles. The van der Waals surface area contributed by atoms with Gasteiger partial charge in [0.25, 0.3) is 11.8 Å².